The molecule has 1 aromatic heterocycles. The van der Waals surface area contributed by atoms with Crippen molar-refractivity contribution in [3.8, 4) is 0 Å². The van der Waals surface area contributed by atoms with Gasteiger partial charge in [0.05, 0.1) is 11.4 Å². The van der Waals surface area contributed by atoms with Crippen LogP contribution in [0.3, 0.4) is 0 Å². The number of nitrogens with zero attached hydrogens (tertiary/aromatic N) is 3. The van der Waals surface area contributed by atoms with Crippen molar-refractivity contribution < 1.29 is 9.90 Å². The highest BCUT2D eigenvalue weighted by Gasteiger charge is 2.25. The summed E-state index contributed by atoms with van der Waals surface area (Å²) in [6, 6.07) is 4.34. The minimum atomic E-state index is -0.748. The van der Waals surface area contributed by atoms with Crippen molar-refractivity contribution in [2.75, 3.05) is 11.4 Å². The smallest absolute Gasteiger partial charge is 0.303 e. The van der Waals surface area contributed by atoms with Gasteiger partial charge < -0.3 is 15.0 Å². The predicted molar refractivity (Wildman–Crippen MR) is 125 cm³/mol. The molecule has 1 fully saturated rings. The molecule has 0 saturated heterocycles. The molecule has 2 heterocycles. The molecule has 1 aliphatic carbocycles. The number of carboxylic acids is 1. The molecule has 0 amide bonds. The lowest BCUT2D eigenvalue weighted by Gasteiger charge is -2.29. The van der Waals surface area contributed by atoms with Crippen molar-refractivity contribution in [1.82, 2.24) is 9.97 Å². The number of rotatable bonds is 9. The van der Waals surface area contributed by atoms with Gasteiger partial charge in [0.2, 0.25) is 0 Å². The van der Waals surface area contributed by atoms with Crippen molar-refractivity contribution >= 4 is 29.7 Å². The summed E-state index contributed by atoms with van der Waals surface area (Å²) in [4.78, 5) is 37.3. The van der Waals surface area contributed by atoms with E-state index in [2.05, 4.69) is 45.5 Å². The Morgan fingerprint density at radius 1 is 1.22 bits per heavy atom. The minimum absolute atomic E-state index is 0.208. The Bertz CT molecular complexity index is 1160. The number of carboxylic acid groups (broad SMARTS) is 1. The molecular formula is C25H32N4O3. The Balaban J connectivity index is 1.63. The highest BCUT2D eigenvalue weighted by Crippen LogP contribution is 2.39. The Morgan fingerprint density at radius 2 is 1.97 bits per heavy atom. The van der Waals surface area contributed by atoms with Crippen LogP contribution in [-0.4, -0.2) is 27.6 Å². The Hall–Kier alpha value is -2.96. The average molecular weight is 437 g/mol. The summed E-state index contributed by atoms with van der Waals surface area (Å²) in [6.45, 7) is 6.65. The molecule has 0 spiro atoms. The molecule has 2 aromatic rings. The normalized spacial score (nSPS) is 15.3. The van der Waals surface area contributed by atoms with Crippen LogP contribution in [0.15, 0.2) is 21.9 Å². The van der Waals surface area contributed by atoms with E-state index in [0.717, 1.165) is 43.0 Å². The highest BCUT2D eigenvalue weighted by atomic mass is 16.4. The van der Waals surface area contributed by atoms with Crippen LogP contribution in [0.5, 0.6) is 0 Å². The van der Waals surface area contributed by atoms with Crippen LogP contribution in [0.2, 0.25) is 0 Å². The van der Waals surface area contributed by atoms with E-state index in [1.807, 2.05) is 0 Å². The van der Waals surface area contributed by atoms with Gasteiger partial charge >= 0.3 is 5.97 Å². The number of aliphatic carboxylic acids is 1. The number of H-pyrrole nitrogens is 1. The maximum absolute atomic E-state index is 12.6. The fraction of sp³-hybridized carbons (Fsp3) is 0.520. The van der Waals surface area contributed by atoms with Crippen LogP contribution >= 0.6 is 0 Å². The van der Waals surface area contributed by atoms with Gasteiger partial charge in [-0.05, 0) is 55.4 Å². The standard InChI is InChI=1S/C25H32N4O3/c1-16-13-20-21(15-19(16)14-18-9-6-7-10-18)29(12-8-4-3-5-11-22(30)31)24-23(28-20)25(32)27-17(2)26-24/h13,15,18H,2-12,14H2,1H3,(H,27,32)(H,30,31). The van der Waals surface area contributed by atoms with E-state index in [4.69, 9.17) is 5.11 Å². The number of unbranched alkanes of at least 4 members (excludes halogenated alkanes) is 3. The van der Waals surface area contributed by atoms with Gasteiger partial charge in [-0.25, -0.2) is 9.98 Å². The summed E-state index contributed by atoms with van der Waals surface area (Å²) in [7, 11) is 0. The number of aromatic amines is 1. The number of hydrogen-bond donors (Lipinski definition) is 2. The summed E-state index contributed by atoms with van der Waals surface area (Å²) < 4.78 is 0. The SMILES string of the molecule is C=c1nc2c(c(=O)[nH]1)=Nc1cc(C)c(CC3CCCC3)cc1N2CCCCCCC(=O)O. The zero-order valence-corrected chi connectivity index (χ0v) is 18.8. The Kier molecular flexibility index (Phi) is 6.72. The molecule has 0 radical (unpaired) electrons. The first kappa shape index (κ1) is 22.2. The van der Waals surface area contributed by atoms with Crippen molar-refractivity contribution in [1.29, 1.82) is 0 Å². The molecule has 32 heavy (non-hydrogen) atoms. The number of benzene rings is 1. The number of nitrogens with one attached hydrogen (secondary N) is 1. The summed E-state index contributed by atoms with van der Waals surface area (Å²) in [5.41, 5.74) is 4.43. The number of aryl methyl sites for hydroxylation is 1. The summed E-state index contributed by atoms with van der Waals surface area (Å²) in [6.07, 6.45) is 9.89. The van der Waals surface area contributed by atoms with Gasteiger partial charge in [-0.1, -0.05) is 45.1 Å². The molecule has 0 unspecified atom stereocenters. The average Bonchev–Trinajstić information content (AvgIpc) is 3.24. The molecule has 1 aliphatic heterocycles. The number of fused-ring (bicyclic) bond motifs is 2. The van der Waals surface area contributed by atoms with Gasteiger partial charge in [-0.3, -0.25) is 9.59 Å². The number of aromatic nitrogens is 2. The molecule has 2 aliphatic rings. The number of carbonyl (C=O) groups is 1. The van der Waals surface area contributed by atoms with E-state index in [-0.39, 0.29) is 12.0 Å². The van der Waals surface area contributed by atoms with Crippen LogP contribution in [0.4, 0.5) is 17.2 Å². The first-order chi connectivity index (χ1) is 15.4. The van der Waals surface area contributed by atoms with Gasteiger partial charge in [0.1, 0.15) is 5.48 Å². The zero-order chi connectivity index (χ0) is 22.7. The van der Waals surface area contributed by atoms with Crippen LogP contribution < -0.4 is 21.3 Å². The molecular weight excluding hydrogens is 404 g/mol. The summed E-state index contributed by atoms with van der Waals surface area (Å²) in [5.74, 6) is 0.559. The van der Waals surface area contributed by atoms with Gasteiger partial charge in [0.15, 0.2) is 11.2 Å². The van der Waals surface area contributed by atoms with Crippen molar-refractivity contribution in [2.24, 2.45) is 10.9 Å². The molecule has 4 rings (SSSR count). The molecule has 0 bridgehead atoms. The first-order valence-electron chi connectivity index (χ1n) is 11.7. The van der Waals surface area contributed by atoms with E-state index in [0.29, 0.717) is 29.6 Å². The molecule has 170 valence electrons. The molecule has 1 aromatic carbocycles. The molecule has 0 atom stereocenters. The summed E-state index contributed by atoms with van der Waals surface area (Å²) >= 11 is 0. The maximum Gasteiger partial charge on any atom is 0.303 e. The fourth-order valence-electron chi connectivity index (χ4n) is 4.93. The van der Waals surface area contributed by atoms with E-state index in [1.165, 1.54) is 36.8 Å². The van der Waals surface area contributed by atoms with Gasteiger partial charge in [0, 0.05) is 13.0 Å². The third-order valence-electron chi connectivity index (χ3n) is 6.64. The second kappa shape index (κ2) is 9.67. The van der Waals surface area contributed by atoms with Crippen LogP contribution in [0, 0.1) is 12.8 Å². The lowest BCUT2D eigenvalue weighted by Crippen LogP contribution is -2.42. The highest BCUT2D eigenvalue weighted by molar-refractivity contribution is 5.77. The maximum atomic E-state index is 12.6. The quantitative estimate of drug-likeness (QED) is 0.585. The zero-order valence-electron chi connectivity index (χ0n) is 18.8. The lowest BCUT2D eigenvalue weighted by molar-refractivity contribution is -0.137. The van der Waals surface area contributed by atoms with Crippen LogP contribution in [0.1, 0.15) is 68.9 Å². The molecule has 7 nitrogen and oxygen atoms in total. The number of anilines is 2. The second-order valence-electron chi connectivity index (χ2n) is 9.13. The van der Waals surface area contributed by atoms with Crippen molar-refractivity contribution in [3.63, 3.8) is 0 Å². The third kappa shape index (κ3) is 4.92. The van der Waals surface area contributed by atoms with E-state index < -0.39 is 5.97 Å². The Labute approximate surface area is 187 Å². The third-order valence-corrected chi connectivity index (χ3v) is 6.64. The molecule has 1 saturated carbocycles. The Morgan fingerprint density at radius 3 is 2.72 bits per heavy atom. The van der Waals surface area contributed by atoms with Crippen LogP contribution in [-0.2, 0) is 11.2 Å². The van der Waals surface area contributed by atoms with Gasteiger partial charge in [-0.15, -0.1) is 0 Å². The van der Waals surface area contributed by atoms with Gasteiger partial charge in [0.25, 0.3) is 5.56 Å². The monoisotopic (exact) mass is 436 g/mol. The number of hydrogen-bond acceptors (Lipinski definition) is 5. The first-order valence-corrected chi connectivity index (χ1v) is 11.7. The topological polar surface area (TPSA) is 98.7 Å². The van der Waals surface area contributed by atoms with Crippen LogP contribution in [0.25, 0.3) is 6.58 Å². The molecule has 2 N–H and O–H groups in total. The summed E-state index contributed by atoms with van der Waals surface area (Å²) in [5, 5.41) is 9.16. The lowest BCUT2D eigenvalue weighted by atomic mass is 9.93. The second-order valence-corrected chi connectivity index (χ2v) is 9.13. The van der Waals surface area contributed by atoms with Gasteiger partial charge in [-0.2, -0.15) is 0 Å². The van der Waals surface area contributed by atoms with Crippen molar-refractivity contribution in [3.05, 3.63) is 44.5 Å². The predicted octanol–water partition coefficient (Wildman–Crippen LogP) is 3.66. The van der Waals surface area contributed by atoms with Crippen molar-refractivity contribution in [2.45, 2.75) is 71.1 Å². The fourth-order valence-corrected chi connectivity index (χ4v) is 4.93. The largest absolute Gasteiger partial charge is 0.481 e. The van der Waals surface area contributed by atoms with E-state index in [9.17, 15) is 9.59 Å². The van der Waals surface area contributed by atoms with E-state index in [1.54, 1.807) is 0 Å². The molecule has 7 heteroatoms. The van der Waals surface area contributed by atoms with E-state index >= 15 is 0 Å². The minimum Gasteiger partial charge on any atom is -0.481 e.